The van der Waals surface area contributed by atoms with Crippen molar-refractivity contribution in [2.75, 3.05) is 4.90 Å². The number of imidazole rings is 1. The van der Waals surface area contributed by atoms with Crippen molar-refractivity contribution < 1.29 is 0 Å². The van der Waals surface area contributed by atoms with Crippen LogP contribution in [0.5, 0.6) is 0 Å². The van der Waals surface area contributed by atoms with Gasteiger partial charge in [0, 0.05) is 40.4 Å². The lowest BCUT2D eigenvalue weighted by atomic mass is 9.93. The summed E-state index contributed by atoms with van der Waals surface area (Å²) in [4.78, 5) is 7.55. The van der Waals surface area contributed by atoms with Gasteiger partial charge >= 0.3 is 0 Å². The predicted molar refractivity (Wildman–Crippen MR) is 165 cm³/mol. The fourth-order valence-electron chi connectivity index (χ4n) is 6.16. The molecule has 0 aliphatic rings. The first kappa shape index (κ1) is 21.9. The Morgan fingerprint density at radius 1 is 0.513 bits per heavy atom. The molecule has 0 saturated heterocycles. The number of hydrogen-bond donors (Lipinski definition) is 0. The number of aromatic nitrogens is 2. The van der Waals surface area contributed by atoms with Crippen molar-refractivity contribution in [3.8, 4) is 11.4 Å². The zero-order valence-corrected chi connectivity index (χ0v) is 21.5. The summed E-state index contributed by atoms with van der Waals surface area (Å²) in [6.07, 6.45) is 0. The third-order valence-electron chi connectivity index (χ3n) is 7.90. The summed E-state index contributed by atoms with van der Waals surface area (Å²) in [6, 6.07) is 47.4. The summed E-state index contributed by atoms with van der Waals surface area (Å²) in [5.41, 5.74) is 6.70. The third-order valence-corrected chi connectivity index (χ3v) is 7.90. The van der Waals surface area contributed by atoms with Crippen LogP contribution in [0, 0.1) is 0 Å². The molecule has 0 aliphatic heterocycles. The number of aryl methyl sites for hydroxylation is 1. The maximum Gasteiger partial charge on any atom is 0.140 e. The Morgan fingerprint density at radius 2 is 1.05 bits per heavy atom. The Bertz CT molecular complexity index is 2070. The van der Waals surface area contributed by atoms with Gasteiger partial charge in [-0.2, -0.15) is 0 Å². The highest BCUT2D eigenvalue weighted by molar-refractivity contribution is 6.32. The number of para-hydroxylation sites is 2. The number of rotatable bonds is 4. The van der Waals surface area contributed by atoms with Crippen LogP contribution in [-0.4, -0.2) is 9.55 Å². The van der Waals surface area contributed by atoms with E-state index in [1.54, 1.807) is 0 Å². The van der Waals surface area contributed by atoms with E-state index < -0.39 is 0 Å². The van der Waals surface area contributed by atoms with Gasteiger partial charge in [-0.1, -0.05) is 84.9 Å². The molecule has 184 valence electrons. The Morgan fingerprint density at radius 3 is 1.67 bits per heavy atom. The maximum absolute atomic E-state index is 5.27. The largest absolute Gasteiger partial charge is 0.327 e. The molecule has 3 heteroatoms. The molecule has 0 spiro atoms. The van der Waals surface area contributed by atoms with Crippen molar-refractivity contribution in [1.82, 2.24) is 9.55 Å². The van der Waals surface area contributed by atoms with Crippen molar-refractivity contribution in [1.29, 1.82) is 0 Å². The smallest absolute Gasteiger partial charge is 0.140 e. The summed E-state index contributed by atoms with van der Waals surface area (Å²) >= 11 is 0. The third kappa shape index (κ3) is 3.27. The van der Waals surface area contributed by atoms with E-state index in [2.05, 4.69) is 150 Å². The van der Waals surface area contributed by atoms with Crippen molar-refractivity contribution in [2.24, 2.45) is 7.05 Å². The molecule has 0 aliphatic carbocycles. The molecule has 7 aromatic carbocycles. The Labute approximate surface area is 226 Å². The van der Waals surface area contributed by atoms with Gasteiger partial charge in [-0.25, -0.2) is 4.98 Å². The highest BCUT2D eigenvalue weighted by atomic mass is 15.1. The summed E-state index contributed by atoms with van der Waals surface area (Å²) in [6.45, 7) is 0. The summed E-state index contributed by atoms with van der Waals surface area (Å²) in [5.74, 6) is 0.972. The predicted octanol–water partition coefficient (Wildman–Crippen LogP) is 9.61. The highest BCUT2D eigenvalue weighted by Gasteiger charge is 2.19. The molecule has 0 atom stereocenters. The van der Waals surface area contributed by atoms with Crippen LogP contribution in [0.15, 0.2) is 133 Å². The SMILES string of the molecule is Cn1c(-c2ccc(N(c3ccccc3)c3ccccc3)cc2)nc2c3cccc4ccc5cccc(c5c43)c21. The molecule has 39 heavy (non-hydrogen) atoms. The quantitative estimate of drug-likeness (QED) is 0.225. The van der Waals surface area contributed by atoms with E-state index in [-0.39, 0.29) is 0 Å². The van der Waals surface area contributed by atoms with Gasteiger partial charge in [0.25, 0.3) is 0 Å². The lowest BCUT2D eigenvalue weighted by Gasteiger charge is -2.25. The minimum absolute atomic E-state index is 0.972. The molecular weight excluding hydrogens is 474 g/mol. The Balaban J connectivity index is 1.32. The standard InChI is InChI=1S/C36H25N3/c1-38-35-31-17-9-11-25-19-18-24-10-8-16-30(32(24)33(25)31)34(35)37-36(38)26-20-22-29(23-21-26)39(27-12-4-2-5-13-27)28-14-6-3-7-15-28/h2-23H,1H3. The molecule has 0 bridgehead atoms. The number of benzene rings is 7. The van der Waals surface area contributed by atoms with Crippen LogP contribution in [0.3, 0.4) is 0 Å². The Kier molecular flexibility index (Phi) is 4.74. The van der Waals surface area contributed by atoms with Gasteiger partial charge < -0.3 is 9.47 Å². The molecule has 3 nitrogen and oxygen atoms in total. The second kappa shape index (κ2) is 8.44. The molecule has 8 aromatic rings. The highest BCUT2D eigenvalue weighted by Crippen LogP contribution is 2.42. The van der Waals surface area contributed by atoms with Gasteiger partial charge in [0.2, 0.25) is 0 Å². The van der Waals surface area contributed by atoms with E-state index in [1.165, 1.54) is 37.8 Å². The first-order valence-corrected chi connectivity index (χ1v) is 13.3. The first-order valence-electron chi connectivity index (χ1n) is 13.3. The average Bonchev–Trinajstić information content (AvgIpc) is 3.35. The average molecular weight is 500 g/mol. The number of hydrogen-bond acceptors (Lipinski definition) is 2. The van der Waals surface area contributed by atoms with Crippen LogP contribution in [0.1, 0.15) is 0 Å². The minimum Gasteiger partial charge on any atom is -0.327 e. The van der Waals surface area contributed by atoms with Gasteiger partial charge in [0.15, 0.2) is 0 Å². The van der Waals surface area contributed by atoms with E-state index in [9.17, 15) is 0 Å². The lowest BCUT2D eigenvalue weighted by molar-refractivity contribution is 0.962. The van der Waals surface area contributed by atoms with E-state index in [0.29, 0.717) is 0 Å². The van der Waals surface area contributed by atoms with Gasteiger partial charge in [-0.05, 0) is 70.1 Å². The molecule has 1 heterocycles. The van der Waals surface area contributed by atoms with E-state index in [4.69, 9.17) is 4.98 Å². The van der Waals surface area contributed by atoms with Gasteiger partial charge in [-0.15, -0.1) is 0 Å². The normalized spacial score (nSPS) is 11.7. The monoisotopic (exact) mass is 499 g/mol. The zero-order chi connectivity index (χ0) is 25.9. The second-order valence-electron chi connectivity index (χ2n) is 10.1. The number of anilines is 3. The van der Waals surface area contributed by atoms with Crippen LogP contribution in [0.25, 0.3) is 54.7 Å². The molecule has 0 fully saturated rings. The van der Waals surface area contributed by atoms with Crippen LogP contribution >= 0.6 is 0 Å². The van der Waals surface area contributed by atoms with Crippen molar-refractivity contribution in [3.05, 3.63) is 133 Å². The zero-order valence-electron chi connectivity index (χ0n) is 21.5. The Hall–Kier alpha value is -5.15. The molecule has 8 rings (SSSR count). The molecule has 0 N–H and O–H groups in total. The molecule has 0 amide bonds. The lowest BCUT2D eigenvalue weighted by Crippen LogP contribution is -2.09. The molecule has 0 saturated carbocycles. The fraction of sp³-hybridized carbons (Fsp3) is 0.0278. The van der Waals surface area contributed by atoms with Crippen LogP contribution in [0.2, 0.25) is 0 Å². The van der Waals surface area contributed by atoms with Gasteiger partial charge in [0.1, 0.15) is 5.82 Å². The van der Waals surface area contributed by atoms with E-state index in [1.807, 2.05) is 0 Å². The van der Waals surface area contributed by atoms with E-state index in [0.717, 1.165) is 34.0 Å². The molecule has 0 radical (unpaired) electrons. The van der Waals surface area contributed by atoms with Crippen molar-refractivity contribution in [2.45, 2.75) is 0 Å². The minimum atomic E-state index is 0.972. The van der Waals surface area contributed by atoms with Crippen LogP contribution in [0.4, 0.5) is 17.1 Å². The van der Waals surface area contributed by atoms with Crippen LogP contribution < -0.4 is 4.90 Å². The molecule has 1 aromatic heterocycles. The van der Waals surface area contributed by atoms with Gasteiger partial charge in [-0.3, -0.25) is 0 Å². The summed E-state index contributed by atoms with van der Waals surface area (Å²) in [7, 11) is 2.14. The van der Waals surface area contributed by atoms with Gasteiger partial charge in [0.05, 0.1) is 11.0 Å². The van der Waals surface area contributed by atoms with Crippen LogP contribution in [-0.2, 0) is 7.05 Å². The number of nitrogens with zero attached hydrogens (tertiary/aromatic N) is 3. The first-order chi connectivity index (χ1) is 19.3. The molecular formula is C36H25N3. The summed E-state index contributed by atoms with van der Waals surface area (Å²) in [5, 5.41) is 7.63. The fourth-order valence-corrected chi connectivity index (χ4v) is 6.16. The topological polar surface area (TPSA) is 21.1 Å². The van der Waals surface area contributed by atoms with Crippen molar-refractivity contribution >= 4 is 60.4 Å². The number of fused-ring (bicyclic) bond motifs is 3. The summed E-state index contributed by atoms with van der Waals surface area (Å²) < 4.78 is 2.26. The van der Waals surface area contributed by atoms with E-state index >= 15 is 0 Å². The molecule has 0 unspecified atom stereocenters. The second-order valence-corrected chi connectivity index (χ2v) is 10.1. The maximum atomic E-state index is 5.27. The van der Waals surface area contributed by atoms with Crippen molar-refractivity contribution in [3.63, 3.8) is 0 Å².